The van der Waals surface area contributed by atoms with E-state index in [1.54, 1.807) is 13.2 Å². The van der Waals surface area contributed by atoms with E-state index < -0.39 is 0 Å². The lowest BCUT2D eigenvalue weighted by Crippen LogP contribution is -2.19. The second kappa shape index (κ2) is 9.44. The summed E-state index contributed by atoms with van der Waals surface area (Å²) < 4.78 is 22.0. The van der Waals surface area contributed by atoms with Crippen molar-refractivity contribution in [2.24, 2.45) is 0 Å². The van der Waals surface area contributed by atoms with Gasteiger partial charge in [0.05, 0.1) is 18.4 Å². The minimum atomic E-state index is -0.301. The molecular formula is C22H27NO5. The molecule has 0 saturated heterocycles. The van der Waals surface area contributed by atoms with E-state index in [4.69, 9.17) is 18.7 Å². The average Bonchev–Trinajstić information content (AvgIpc) is 3.03. The Hall–Kier alpha value is -2.76. The summed E-state index contributed by atoms with van der Waals surface area (Å²) in [6.07, 6.45) is 8.67. The van der Waals surface area contributed by atoms with Gasteiger partial charge < -0.3 is 18.7 Å². The molecule has 0 radical (unpaired) electrons. The number of aryl methyl sites for hydroxylation is 2. The zero-order valence-corrected chi connectivity index (χ0v) is 16.7. The SMILES string of the molecule is COc1cc(C=CC(=O)OC2CCCCC2)ccc1OCc1c(C)noc1C. The van der Waals surface area contributed by atoms with Crippen molar-refractivity contribution in [2.45, 2.75) is 58.7 Å². The summed E-state index contributed by atoms with van der Waals surface area (Å²) in [4.78, 5) is 12.0. The number of esters is 1. The van der Waals surface area contributed by atoms with Crippen LogP contribution in [0.4, 0.5) is 0 Å². The lowest BCUT2D eigenvalue weighted by atomic mass is 9.98. The van der Waals surface area contributed by atoms with E-state index >= 15 is 0 Å². The van der Waals surface area contributed by atoms with Crippen LogP contribution in [0.25, 0.3) is 6.08 Å². The Bertz CT molecular complexity index is 814. The molecule has 0 N–H and O–H groups in total. The molecule has 0 unspecified atom stereocenters. The molecule has 1 aromatic heterocycles. The summed E-state index contributed by atoms with van der Waals surface area (Å²) >= 11 is 0. The number of hydrogen-bond acceptors (Lipinski definition) is 6. The number of hydrogen-bond donors (Lipinski definition) is 0. The molecule has 6 nitrogen and oxygen atoms in total. The van der Waals surface area contributed by atoms with Gasteiger partial charge in [0.1, 0.15) is 18.5 Å². The maximum absolute atomic E-state index is 12.0. The molecule has 1 aliphatic carbocycles. The Labute approximate surface area is 165 Å². The Balaban J connectivity index is 1.61. The maximum atomic E-state index is 12.0. The van der Waals surface area contributed by atoms with Crippen LogP contribution in [0.15, 0.2) is 28.8 Å². The van der Waals surface area contributed by atoms with Crippen molar-refractivity contribution < 1.29 is 23.5 Å². The summed E-state index contributed by atoms with van der Waals surface area (Å²) in [5.74, 6) is 1.65. The molecule has 0 aliphatic heterocycles. The lowest BCUT2D eigenvalue weighted by Gasteiger charge is -2.20. The van der Waals surface area contributed by atoms with Crippen molar-refractivity contribution in [2.75, 3.05) is 7.11 Å². The minimum Gasteiger partial charge on any atom is -0.493 e. The third-order valence-electron chi connectivity index (χ3n) is 4.99. The van der Waals surface area contributed by atoms with Crippen molar-refractivity contribution in [1.29, 1.82) is 0 Å². The van der Waals surface area contributed by atoms with Crippen molar-refractivity contribution in [3.05, 3.63) is 46.9 Å². The van der Waals surface area contributed by atoms with Gasteiger partial charge in [0.25, 0.3) is 0 Å². The van der Waals surface area contributed by atoms with Gasteiger partial charge in [0.2, 0.25) is 0 Å². The van der Waals surface area contributed by atoms with Crippen LogP contribution in [-0.4, -0.2) is 24.3 Å². The standard InChI is InChI=1S/C22H27NO5/c1-15-19(16(2)28-23-15)14-26-20-11-9-17(13-21(20)25-3)10-12-22(24)27-18-7-5-4-6-8-18/h9-13,18H,4-8,14H2,1-3H3. The van der Waals surface area contributed by atoms with Gasteiger partial charge in [-0.1, -0.05) is 17.6 Å². The molecule has 1 aromatic carbocycles. The van der Waals surface area contributed by atoms with Crippen LogP contribution in [0, 0.1) is 13.8 Å². The quantitative estimate of drug-likeness (QED) is 0.505. The second-order valence-corrected chi connectivity index (χ2v) is 7.03. The van der Waals surface area contributed by atoms with Crippen LogP contribution in [-0.2, 0) is 16.1 Å². The fraction of sp³-hybridized carbons (Fsp3) is 0.455. The number of carbonyl (C=O) groups is 1. The third-order valence-corrected chi connectivity index (χ3v) is 4.99. The number of methoxy groups -OCH3 is 1. The smallest absolute Gasteiger partial charge is 0.331 e. The third kappa shape index (κ3) is 5.15. The van der Waals surface area contributed by atoms with E-state index in [0.717, 1.165) is 48.3 Å². The van der Waals surface area contributed by atoms with Crippen molar-refractivity contribution in [3.8, 4) is 11.5 Å². The number of benzene rings is 1. The molecule has 0 amide bonds. The van der Waals surface area contributed by atoms with Crippen LogP contribution in [0.3, 0.4) is 0 Å². The summed E-state index contributed by atoms with van der Waals surface area (Å²) in [5, 5.41) is 3.93. The van der Waals surface area contributed by atoms with E-state index in [9.17, 15) is 4.79 Å². The molecule has 1 aliphatic rings. The first kappa shape index (κ1) is 20.0. The van der Waals surface area contributed by atoms with E-state index in [2.05, 4.69) is 5.16 Å². The number of carbonyl (C=O) groups excluding carboxylic acids is 1. The molecule has 1 fully saturated rings. The van der Waals surface area contributed by atoms with Gasteiger partial charge in [-0.05, 0) is 63.3 Å². The highest BCUT2D eigenvalue weighted by Gasteiger charge is 2.16. The molecular weight excluding hydrogens is 358 g/mol. The normalized spacial score (nSPS) is 15.0. The zero-order valence-electron chi connectivity index (χ0n) is 16.7. The predicted molar refractivity (Wildman–Crippen MR) is 105 cm³/mol. The number of aromatic nitrogens is 1. The van der Waals surface area contributed by atoms with Crippen LogP contribution >= 0.6 is 0 Å². The Kier molecular flexibility index (Phi) is 6.74. The van der Waals surface area contributed by atoms with Crippen molar-refractivity contribution >= 4 is 12.0 Å². The summed E-state index contributed by atoms with van der Waals surface area (Å²) in [6.45, 7) is 4.09. The first-order valence-electron chi connectivity index (χ1n) is 9.68. The molecule has 0 bridgehead atoms. The zero-order chi connectivity index (χ0) is 19.9. The Morgan fingerprint density at radius 1 is 1.21 bits per heavy atom. The second-order valence-electron chi connectivity index (χ2n) is 7.03. The Morgan fingerprint density at radius 3 is 2.68 bits per heavy atom. The molecule has 6 heteroatoms. The maximum Gasteiger partial charge on any atom is 0.331 e. The Morgan fingerprint density at radius 2 is 2.00 bits per heavy atom. The van der Waals surface area contributed by atoms with Crippen LogP contribution in [0.2, 0.25) is 0 Å². The average molecular weight is 385 g/mol. The van der Waals surface area contributed by atoms with Gasteiger partial charge in [-0.2, -0.15) is 0 Å². The van der Waals surface area contributed by atoms with Gasteiger partial charge in [-0.3, -0.25) is 0 Å². The van der Waals surface area contributed by atoms with E-state index in [1.807, 2.05) is 32.0 Å². The highest BCUT2D eigenvalue weighted by Crippen LogP contribution is 2.30. The molecule has 28 heavy (non-hydrogen) atoms. The molecule has 1 heterocycles. The fourth-order valence-electron chi connectivity index (χ4n) is 3.32. The number of ether oxygens (including phenoxy) is 3. The minimum absolute atomic E-state index is 0.0561. The van der Waals surface area contributed by atoms with Gasteiger partial charge in [0.15, 0.2) is 11.5 Å². The highest BCUT2D eigenvalue weighted by atomic mass is 16.5. The van der Waals surface area contributed by atoms with Crippen LogP contribution in [0.5, 0.6) is 11.5 Å². The van der Waals surface area contributed by atoms with Gasteiger partial charge in [-0.15, -0.1) is 0 Å². The molecule has 2 aromatic rings. The van der Waals surface area contributed by atoms with Crippen molar-refractivity contribution in [1.82, 2.24) is 5.16 Å². The van der Waals surface area contributed by atoms with Crippen LogP contribution in [0.1, 0.15) is 54.7 Å². The molecule has 0 spiro atoms. The molecule has 1 saturated carbocycles. The van der Waals surface area contributed by atoms with E-state index in [-0.39, 0.29) is 12.1 Å². The van der Waals surface area contributed by atoms with Gasteiger partial charge in [-0.25, -0.2) is 4.79 Å². The van der Waals surface area contributed by atoms with E-state index in [1.165, 1.54) is 12.5 Å². The largest absolute Gasteiger partial charge is 0.493 e. The first-order chi connectivity index (χ1) is 13.6. The van der Waals surface area contributed by atoms with E-state index in [0.29, 0.717) is 18.1 Å². The predicted octanol–water partition coefficient (Wildman–Crippen LogP) is 4.77. The fourth-order valence-corrected chi connectivity index (χ4v) is 3.32. The van der Waals surface area contributed by atoms with Gasteiger partial charge >= 0.3 is 5.97 Å². The summed E-state index contributed by atoms with van der Waals surface area (Å²) in [5.41, 5.74) is 2.58. The molecule has 0 atom stereocenters. The highest BCUT2D eigenvalue weighted by molar-refractivity contribution is 5.87. The monoisotopic (exact) mass is 385 g/mol. The molecule has 3 rings (SSSR count). The number of nitrogens with zero attached hydrogens (tertiary/aromatic N) is 1. The lowest BCUT2D eigenvalue weighted by molar-refractivity contribution is -0.144. The first-order valence-corrected chi connectivity index (χ1v) is 9.68. The summed E-state index contributed by atoms with van der Waals surface area (Å²) in [6, 6.07) is 5.52. The van der Waals surface area contributed by atoms with Gasteiger partial charge in [0, 0.05) is 6.08 Å². The topological polar surface area (TPSA) is 70.8 Å². The number of rotatable bonds is 7. The summed E-state index contributed by atoms with van der Waals surface area (Å²) in [7, 11) is 1.59. The van der Waals surface area contributed by atoms with Crippen LogP contribution < -0.4 is 9.47 Å². The van der Waals surface area contributed by atoms with Crippen molar-refractivity contribution in [3.63, 3.8) is 0 Å². The molecule has 150 valence electrons.